The molecule has 4 aromatic rings. The third kappa shape index (κ3) is 4.05. The van der Waals surface area contributed by atoms with Crippen molar-refractivity contribution in [3.8, 4) is 11.4 Å². The first-order valence-corrected chi connectivity index (χ1v) is 10.8. The van der Waals surface area contributed by atoms with Gasteiger partial charge >= 0.3 is 0 Å². The highest BCUT2D eigenvalue weighted by atomic mass is 35.6. The second kappa shape index (κ2) is 8.07. The summed E-state index contributed by atoms with van der Waals surface area (Å²) in [6.45, 7) is 2.44. The van der Waals surface area contributed by atoms with Crippen LogP contribution in [0.1, 0.15) is 16.8 Å². The smallest absolute Gasteiger partial charge is 0.264 e. The van der Waals surface area contributed by atoms with E-state index < -0.39 is 3.79 Å². The van der Waals surface area contributed by atoms with Gasteiger partial charge in [-0.15, -0.1) is 0 Å². The highest BCUT2D eigenvalue weighted by molar-refractivity contribution is 7.13. The Hall–Kier alpha value is -1.92. The van der Waals surface area contributed by atoms with Crippen molar-refractivity contribution in [2.24, 2.45) is 0 Å². The molecule has 4 nitrogen and oxygen atoms in total. The molecule has 4 rings (SSSR count). The molecular formula is C21H16Cl3N3OS. The summed E-state index contributed by atoms with van der Waals surface area (Å²) in [5.41, 5.74) is 2.92. The third-order valence-electron chi connectivity index (χ3n) is 4.72. The second-order valence-corrected chi connectivity index (χ2v) is 9.68. The monoisotopic (exact) mass is 463 g/mol. The van der Waals surface area contributed by atoms with Gasteiger partial charge in [0.25, 0.3) is 5.56 Å². The van der Waals surface area contributed by atoms with Gasteiger partial charge in [0, 0.05) is 12.1 Å². The molecule has 2 aromatic carbocycles. The molecule has 0 bridgehead atoms. The van der Waals surface area contributed by atoms with Gasteiger partial charge in [-0.2, -0.15) is 4.37 Å². The molecule has 8 heteroatoms. The molecule has 2 aromatic heterocycles. The Morgan fingerprint density at radius 2 is 1.72 bits per heavy atom. The maximum atomic E-state index is 13.5. The molecule has 29 heavy (non-hydrogen) atoms. The van der Waals surface area contributed by atoms with Crippen LogP contribution in [0.3, 0.4) is 0 Å². The van der Waals surface area contributed by atoms with E-state index in [-0.39, 0.29) is 16.6 Å². The van der Waals surface area contributed by atoms with E-state index in [0.717, 1.165) is 28.2 Å². The van der Waals surface area contributed by atoms with Crippen LogP contribution in [-0.4, -0.2) is 13.9 Å². The molecule has 2 heterocycles. The first-order valence-electron chi connectivity index (χ1n) is 8.93. The Kier molecular flexibility index (Phi) is 5.67. The van der Waals surface area contributed by atoms with Gasteiger partial charge in [-0.25, -0.2) is 4.98 Å². The van der Waals surface area contributed by atoms with Crippen LogP contribution < -0.4 is 5.56 Å². The molecular weight excluding hydrogens is 449 g/mol. The van der Waals surface area contributed by atoms with Crippen molar-refractivity contribution in [1.82, 2.24) is 13.9 Å². The molecule has 0 saturated carbocycles. The van der Waals surface area contributed by atoms with Crippen LogP contribution >= 0.6 is 46.3 Å². The van der Waals surface area contributed by atoms with Crippen molar-refractivity contribution in [2.45, 2.75) is 23.7 Å². The normalized spacial score (nSPS) is 11.9. The van der Waals surface area contributed by atoms with Gasteiger partial charge in [0.2, 0.25) is 3.79 Å². The molecule has 0 unspecified atom stereocenters. The van der Waals surface area contributed by atoms with E-state index in [1.807, 2.05) is 61.5 Å². The lowest BCUT2D eigenvalue weighted by molar-refractivity contribution is 0.671. The molecule has 0 radical (unpaired) electrons. The topological polar surface area (TPSA) is 47.8 Å². The minimum Gasteiger partial charge on any atom is -0.292 e. The molecule has 148 valence electrons. The Bertz CT molecular complexity index is 1230. The third-order valence-corrected chi connectivity index (χ3v) is 6.00. The first kappa shape index (κ1) is 20.4. The van der Waals surface area contributed by atoms with Crippen LogP contribution in [-0.2, 0) is 16.8 Å². The van der Waals surface area contributed by atoms with Gasteiger partial charge in [0.05, 0.1) is 0 Å². The van der Waals surface area contributed by atoms with Crippen LogP contribution in [0, 0.1) is 6.92 Å². The fourth-order valence-electron chi connectivity index (χ4n) is 3.25. The molecule has 0 atom stereocenters. The van der Waals surface area contributed by atoms with Gasteiger partial charge in [-0.3, -0.25) is 9.36 Å². The summed E-state index contributed by atoms with van der Waals surface area (Å²) in [6.07, 6.45) is 0.674. The van der Waals surface area contributed by atoms with Crippen molar-refractivity contribution in [2.75, 3.05) is 0 Å². The number of rotatable bonds is 4. The molecule has 0 amide bonds. The Labute approximate surface area is 186 Å². The highest BCUT2D eigenvalue weighted by Gasteiger charge is 2.32. The second-order valence-electron chi connectivity index (χ2n) is 6.65. The van der Waals surface area contributed by atoms with Crippen LogP contribution in [0.5, 0.6) is 0 Å². The van der Waals surface area contributed by atoms with Crippen molar-refractivity contribution in [3.05, 3.63) is 81.8 Å². The molecule has 0 aliphatic rings. The molecule has 0 fully saturated rings. The summed E-state index contributed by atoms with van der Waals surface area (Å²) in [6, 6.07) is 17.8. The summed E-state index contributed by atoms with van der Waals surface area (Å²) in [7, 11) is 0. The zero-order chi connectivity index (χ0) is 20.6. The largest absolute Gasteiger partial charge is 0.292 e. The highest BCUT2D eigenvalue weighted by Crippen LogP contribution is 2.41. The number of nitrogens with zero attached hydrogens (tertiary/aromatic N) is 3. The van der Waals surface area contributed by atoms with E-state index in [1.54, 1.807) is 4.57 Å². The summed E-state index contributed by atoms with van der Waals surface area (Å²) >= 11 is 19.2. The minimum absolute atomic E-state index is 0.129. The summed E-state index contributed by atoms with van der Waals surface area (Å²) in [5, 5.41) is 0.264. The van der Waals surface area contributed by atoms with E-state index in [4.69, 9.17) is 39.8 Å². The fraction of sp³-hybridized carbons (Fsp3) is 0.190. The predicted molar refractivity (Wildman–Crippen MR) is 121 cm³/mol. The summed E-state index contributed by atoms with van der Waals surface area (Å²) in [5.74, 6) is 0.594. The average molecular weight is 465 g/mol. The number of benzene rings is 2. The van der Waals surface area contributed by atoms with Gasteiger partial charge in [-0.1, -0.05) is 89.4 Å². The maximum Gasteiger partial charge on any atom is 0.264 e. The van der Waals surface area contributed by atoms with Crippen molar-refractivity contribution in [1.29, 1.82) is 0 Å². The van der Waals surface area contributed by atoms with Gasteiger partial charge in [-0.05, 0) is 36.0 Å². The van der Waals surface area contributed by atoms with E-state index in [1.165, 1.54) is 0 Å². The van der Waals surface area contributed by atoms with Crippen LogP contribution in [0.4, 0.5) is 0 Å². The lowest BCUT2D eigenvalue weighted by atomic mass is 10.1. The lowest BCUT2D eigenvalue weighted by Gasteiger charge is -2.15. The van der Waals surface area contributed by atoms with Gasteiger partial charge < -0.3 is 0 Å². The van der Waals surface area contributed by atoms with E-state index in [9.17, 15) is 4.79 Å². The summed E-state index contributed by atoms with van der Waals surface area (Å²) in [4.78, 5) is 18.7. The zero-order valence-corrected chi connectivity index (χ0v) is 18.5. The molecule has 0 N–H and O–H groups in total. The summed E-state index contributed by atoms with van der Waals surface area (Å²) < 4.78 is 4.08. The number of alkyl halides is 3. The van der Waals surface area contributed by atoms with E-state index in [0.29, 0.717) is 23.6 Å². The van der Waals surface area contributed by atoms with Crippen molar-refractivity contribution in [3.63, 3.8) is 0 Å². The Balaban J connectivity index is 1.93. The zero-order valence-electron chi connectivity index (χ0n) is 15.4. The minimum atomic E-state index is -1.79. The van der Waals surface area contributed by atoms with Crippen molar-refractivity contribution >= 4 is 56.6 Å². The number of aryl methyl sites for hydroxylation is 2. The number of hydrogen-bond acceptors (Lipinski definition) is 4. The standard InChI is InChI=1S/C21H16Cl3N3OS/c1-13-7-5-6-10-15(13)18-25-19-16(17(26-29-19)21(22,23)24)20(28)27(18)12-11-14-8-3-2-4-9-14/h2-10H,11-12H2,1H3. The average Bonchev–Trinajstić information content (AvgIpc) is 3.13. The SMILES string of the molecule is Cc1ccccc1-c1nc2snc(C(Cl)(Cl)Cl)c2c(=O)n1CCc1ccccc1. The molecule has 0 spiro atoms. The quantitative estimate of drug-likeness (QED) is 0.353. The van der Waals surface area contributed by atoms with Crippen LogP contribution in [0.2, 0.25) is 0 Å². The van der Waals surface area contributed by atoms with Crippen molar-refractivity contribution < 1.29 is 0 Å². The molecule has 0 aliphatic heterocycles. The Morgan fingerprint density at radius 1 is 1.03 bits per heavy atom. The van der Waals surface area contributed by atoms with Gasteiger partial charge in [0.15, 0.2) is 4.83 Å². The molecule has 0 aliphatic carbocycles. The first-order chi connectivity index (χ1) is 13.9. The van der Waals surface area contributed by atoms with Crippen LogP contribution in [0.25, 0.3) is 21.6 Å². The lowest BCUT2D eigenvalue weighted by Crippen LogP contribution is -2.25. The number of halogens is 3. The fourth-order valence-corrected chi connectivity index (χ4v) is 4.62. The van der Waals surface area contributed by atoms with Gasteiger partial charge in [0.1, 0.15) is 16.9 Å². The number of hydrogen-bond donors (Lipinski definition) is 0. The van der Waals surface area contributed by atoms with E-state index in [2.05, 4.69) is 4.37 Å². The van der Waals surface area contributed by atoms with E-state index >= 15 is 0 Å². The molecule has 0 saturated heterocycles. The maximum absolute atomic E-state index is 13.5. The van der Waals surface area contributed by atoms with Crippen LogP contribution in [0.15, 0.2) is 59.4 Å². The number of fused-ring (bicyclic) bond motifs is 1. The predicted octanol–water partition coefficient (Wildman–Crippen LogP) is 5.90. The Morgan fingerprint density at radius 3 is 2.41 bits per heavy atom. The number of aromatic nitrogens is 3.